The van der Waals surface area contributed by atoms with Gasteiger partial charge in [0.2, 0.25) is 3.57 Å². The van der Waals surface area contributed by atoms with E-state index in [1.165, 1.54) is 9.13 Å². The zero-order chi connectivity index (χ0) is 16.3. The Bertz CT molecular complexity index is 582. The molecule has 2 rings (SSSR count). The molecule has 0 radical (unpaired) electrons. The number of hydrogen-bond acceptors (Lipinski definition) is 0. The van der Waals surface area contributed by atoms with Gasteiger partial charge in [-0.25, -0.2) is 0 Å². The van der Waals surface area contributed by atoms with Gasteiger partial charge in [0, 0.05) is 6.42 Å². The van der Waals surface area contributed by atoms with Crippen molar-refractivity contribution in [3.8, 4) is 9.85 Å². The van der Waals surface area contributed by atoms with Gasteiger partial charge < -0.3 is 17.3 Å². The molecule has 0 aliphatic rings. The van der Waals surface area contributed by atoms with E-state index in [0.717, 1.165) is 12.8 Å². The summed E-state index contributed by atoms with van der Waals surface area (Å²) >= 11 is -0.117. The van der Waals surface area contributed by atoms with Crippen molar-refractivity contribution in [2.45, 2.75) is 12.8 Å². The molecule has 22 heavy (non-hydrogen) atoms. The van der Waals surface area contributed by atoms with E-state index in [4.69, 9.17) is 0 Å². The van der Waals surface area contributed by atoms with Gasteiger partial charge in [0.05, 0.1) is 0 Å². The fraction of sp³-hybridized carbons (Fsp3) is 0.125. The first-order valence-electron chi connectivity index (χ1n) is 6.53. The van der Waals surface area contributed by atoms with Crippen molar-refractivity contribution in [3.63, 3.8) is 0 Å². The van der Waals surface area contributed by atoms with Crippen LogP contribution in [0.25, 0.3) is 0 Å². The Morgan fingerprint density at radius 3 is 1.86 bits per heavy atom. The number of halogens is 5. The maximum Gasteiger partial charge on any atom is 0.673 e. The second kappa shape index (κ2) is 10.3. The van der Waals surface area contributed by atoms with Crippen LogP contribution in [-0.4, -0.2) is 7.25 Å². The molecule has 0 aliphatic heterocycles. The average molecular weight is 420 g/mol. The summed E-state index contributed by atoms with van der Waals surface area (Å²) in [7, 11) is -6.00. The summed E-state index contributed by atoms with van der Waals surface area (Å²) in [5.41, 5.74) is 1.37. The summed E-state index contributed by atoms with van der Waals surface area (Å²) in [5.74, 6) is 3.28. The third kappa shape index (κ3) is 11.2. The van der Waals surface area contributed by atoms with Gasteiger partial charge in [-0.1, -0.05) is 48.5 Å². The van der Waals surface area contributed by atoms with Crippen LogP contribution in [0.2, 0.25) is 0 Å². The standard InChI is InChI=1S/C16H14I.BF4/c1-3-9-15(10-4-1)11-7-8-14-17-16-12-5-2-6-13-16;2-1(3,4)5/h1-6,9-10,12-13H,7,11H2;/q+1;-1. The van der Waals surface area contributed by atoms with E-state index in [0.29, 0.717) is 0 Å². The lowest BCUT2D eigenvalue weighted by Gasteiger charge is -1.94. The van der Waals surface area contributed by atoms with E-state index in [1.807, 2.05) is 0 Å². The molecule has 0 amide bonds. The average Bonchev–Trinajstić information content (AvgIpc) is 2.47. The van der Waals surface area contributed by atoms with Gasteiger partial charge in [-0.3, -0.25) is 0 Å². The fourth-order valence-electron chi connectivity index (χ4n) is 1.46. The molecule has 0 heterocycles. The molecule has 0 saturated carbocycles. The van der Waals surface area contributed by atoms with Crippen molar-refractivity contribution in [2.75, 3.05) is 0 Å². The molecule has 2 aromatic carbocycles. The monoisotopic (exact) mass is 420 g/mol. The first-order valence-corrected chi connectivity index (χ1v) is 8.69. The molecule has 0 unspecified atom stereocenters. The van der Waals surface area contributed by atoms with Gasteiger partial charge >= 0.3 is 28.5 Å². The van der Waals surface area contributed by atoms with Gasteiger partial charge in [0.1, 0.15) is 0 Å². The zero-order valence-electron chi connectivity index (χ0n) is 11.7. The van der Waals surface area contributed by atoms with Crippen molar-refractivity contribution in [1.29, 1.82) is 0 Å². The van der Waals surface area contributed by atoms with Crippen LogP contribution in [0.15, 0.2) is 60.7 Å². The van der Waals surface area contributed by atoms with E-state index in [2.05, 4.69) is 70.5 Å². The maximum atomic E-state index is 9.75. The highest BCUT2D eigenvalue weighted by Crippen LogP contribution is 2.06. The summed E-state index contributed by atoms with van der Waals surface area (Å²) < 4.78 is 43.7. The van der Waals surface area contributed by atoms with Gasteiger partial charge in [0.25, 0.3) is 0 Å². The minimum Gasteiger partial charge on any atom is -0.418 e. The Kier molecular flexibility index (Phi) is 8.67. The Hall–Kier alpha value is -1.49. The number of rotatable bonds is 3. The van der Waals surface area contributed by atoms with E-state index in [-0.39, 0.29) is 21.2 Å². The highest BCUT2D eigenvalue weighted by molar-refractivity contribution is 6.50. The molecule has 0 N–H and O–H groups in total. The fourth-order valence-corrected chi connectivity index (χ4v) is 3.01. The number of hydrogen-bond donors (Lipinski definition) is 0. The number of aryl methyl sites for hydroxylation is 1. The van der Waals surface area contributed by atoms with Crippen LogP contribution in [0.4, 0.5) is 17.3 Å². The van der Waals surface area contributed by atoms with Crippen LogP contribution in [0, 0.1) is 13.4 Å². The Balaban J connectivity index is 0.000000422. The van der Waals surface area contributed by atoms with Gasteiger partial charge in [-0.05, 0) is 30.0 Å². The minimum absolute atomic E-state index is 0.117. The smallest absolute Gasteiger partial charge is 0.418 e. The van der Waals surface area contributed by atoms with E-state index < -0.39 is 7.25 Å². The van der Waals surface area contributed by atoms with Crippen LogP contribution in [0.1, 0.15) is 12.0 Å². The molecule has 0 spiro atoms. The normalized spacial score (nSPS) is 10.0. The second-order valence-electron chi connectivity index (χ2n) is 4.14. The van der Waals surface area contributed by atoms with E-state index >= 15 is 0 Å². The summed E-state index contributed by atoms with van der Waals surface area (Å²) in [6.45, 7) is 0. The third-order valence-electron chi connectivity index (χ3n) is 2.34. The summed E-state index contributed by atoms with van der Waals surface area (Å²) in [6.07, 6.45) is 2.03. The molecular weight excluding hydrogens is 406 g/mol. The van der Waals surface area contributed by atoms with E-state index in [9.17, 15) is 17.3 Å². The lowest BCUT2D eigenvalue weighted by Crippen LogP contribution is -3.59. The highest BCUT2D eigenvalue weighted by Gasteiger charge is 2.20. The highest BCUT2D eigenvalue weighted by atomic mass is 127. The molecule has 0 nitrogen and oxygen atoms in total. The molecule has 2 aromatic rings. The zero-order valence-corrected chi connectivity index (χ0v) is 13.8. The van der Waals surface area contributed by atoms with Crippen molar-refractivity contribution in [1.82, 2.24) is 0 Å². The Morgan fingerprint density at radius 2 is 1.32 bits per heavy atom. The predicted molar refractivity (Wildman–Crippen MR) is 77.9 cm³/mol. The van der Waals surface area contributed by atoms with Gasteiger partial charge in [-0.15, -0.1) is 0 Å². The van der Waals surface area contributed by atoms with Crippen molar-refractivity contribution < 1.29 is 38.5 Å². The van der Waals surface area contributed by atoms with Crippen LogP contribution in [0.3, 0.4) is 0 Å². The SMILES string of the molecule is C(#C[I+]c1ccccc1)CCc1ccccc1.F[B-](F)(F)F. The molecule has 0 aliphatic carbocycles. The Labute approximate surface area is 138 Å². The maximum absolute atomic E-state index is 9.75. The molecule has 116 valence electrons. The van der Waals surface area contributed by atoms with Gasteiger partial charge in [0.15, 0.2) is 3.93 Å². The molecule has 0 bridgehead atoms. The lowest BCUT2D eigenvalue weighted by molar-refractivity contribution is -0.535. The van der Waals surface area contributed by atoms with Crippen LogP contribution in [0.5, 0.6) is 0 Å². The quantitative estimate of drug-likeness (QED) is 0.308. The van der Waals surface area contributed by atoms with Crippen molar-refractivity contribution in [3.05, 3.63) is 69.8 Å². The molecule has 0 aromatic heterocycles. The minimum atomic E-state index is -6.00. The van der Waals surface area contributed by atoms with E-state index in [1.54, 1.807) is 0 Å². The predicted octanol–water partition coefficient (Wildman–Crippen LogP) is 1.84. The number of benzene rings is 2. The largest absolute Gasteiger partial charge is 0.673 e. The molecular formula is C16H14BF4I. The lowest BCUT2D eigenvalue weighted by atomic mass is 10.1. The topological polar surface area (TPSA) is 0 Å². The van der Waals surface area contributed by atoms with Crippen molar-refractivity contribution >= 4 is 7.25 Å². The van der Waals surface area contributed by atoms with Crippen LogP contribution in [-0.2, 0) is 6.42 Å². The van der Waals surface area contributed by atoms with Crippen molar-refractivity contribution in [2.24, 2.45) is 0 Å². The summed E-state index contributed by atoms with van der Waals surface area (Å²) in [5, 5.41) is 0. The molecule has 0 atom stereocenters. The first-order chi connectivity index (χ1) is 10.4. The molecule has 6 heteroatoms. The Morgan fingerprint density at radius 1 is 0.818 bits per heavy atom. The first kappa shape index (κ1) is 18.6. The second-order valence-corrected chi connectivity index (χ2v) is 6.47. The third-order valence-corrected chi connectivity index (χ3v) is 4.33. The van der Waals surface area contributed by atoms with Gasteiger partial charge in [-0.2, -0.15) is 0 Å². The van der Waals surface area contributed by atoms with Crippen LogP contribution >= 0.6 is 0 Å². The summed E-state index contributed by atoms with van der Waals surface area (Å²) in [6, 6.07) is 21.1. The summed E-state index contributed by atoms with van der Waals surface area (Å²) in [4.78, 5) is 0. The molecule has 0 saturated heterocycles. The van der Waals surface area contributed by atoms with Crippen LogP contribution < -0.4 is 21.2 Å². The molecule has 0 fully saturated rings.